The molecule has 0 radical (unpaired) electrons. The van der Waals surface area contributed by atoms with Crippen LogP contribution in [0.15, 0.2) is 53.8 Å². The minimum Gasteiger partial charge on any atom is -0.367 e. The highest BCUT2D eigenvalue weighted by Crippen LogP contribution is 2.33. The third kappa shape index (κ3) is 4.68. The number of pyridine rings is 1. The smallest absolute Gasteiger partial charge is 0.269 e. The highest BCUT2D eigenvalue weighted by atomic mass is 35.5. The average Bonchev–Trinajstić information content (AvgIpc) is 3.24. The molecule has 3 N–H and O–H groups in total. The van der Waals surface area contributed by atoms with Crippen LogP contribution in [0.3, 0.4) is 0 Å². The van der Waals surface area contributed by atoms with E-state index < -0.39 is 15.8 Å². The summed E-state index contributed by atoms with van der Waals surface area (Å²) in [7, 11) is -3.98. The zero-order valence-corrected chi connectivity index (χ0v) is 21.2. The Morgan fingerprint density at radius 3 is 2.67 bits per heavy atom. The first-order chi connectivity index (χ1) is 17.2. The van der Waals surface area contributed by atoms with Gasteiger partial charge < -0.3 is 11.1 Å². The van der Waals surface area contributed by atoms with E-state index in [-0.39, 0.29) is 34.1 Å². The molecule has 1 aliphatic rings. The normalized spacial score (nSPS) is 18.4. The highest BCUT2D eigenvalue weighted by Gasteiger charge is 2.25. The molecule has 1 saturated carbocycles. The maximum absolute atomic E-state index is 14.6. The van der Waals surface area contributed by atoms with Crippen LogP contribution in [0.2, 0.25) is 5.02 Å². The molecule has 0 spiro atoms. The lowest BCUT2D eigenvalue weighted by atomic mass is 9.85. The summed E-state index contributed by atoms with van der Waals surface area (Å²) in [6.45, 7) is 2.37. The van der Waals surface area contributed by atoms with Crippen molar-refractivity contribution in [3.8, 4) is 11.4 Å². The number of rotatable bonds is 6. The summed E-state index contributed by atoms with van der Waals surface area (Å²) in [6.07, 6.45) is 7.98. The van der Waals surface area contributed by atoms with E-state index in [0.29, 0.717) is 22.5 Å². The Labute approximate surface area is 213 Å². The van der Waals surface area contributed by atoms with Gasteiger partial charge in [0.15, 0.2) is 23.1 Å². The lowest BCUT2D eigenvalue weighted by Gasteiger charge is -2.28. The zero-order chi connectivity index (χ0) is 25.4. The van der Waals surface area contributed by atoms with Crippen molar-refractivity contribution in [1.82, 2.24) is 18.9 Å². The number of nitrogens with one attached hydrogen (secondary N) is 1. The zero-order valence-electron chi connectivity index (χ0n) is 19.7. The number of anilines is 1. The summed E-state index contributed by atoms with van der Waals surface area (Å²) in [5.41, 5.74) is 7.71. The van der Waals surface area contributed by atoms with Crippen molar-refractivity contribution in [1.29, 1.82) is 0 Å². The van der Waals surface area contributed by atoms with Crippen LogP contribution in [-0.4, -0.2) is 39.9 Å². The van der Waals surface area contributed by atoms with Crippen molar-refractivity contribution in [2.75, 3.05) is 11.9 Å². The molecule has 1 aromatic carbocycles. The van der Waals surface area contributed by atoms with Crippen LogP contribution in [0.5, 0.6) is 0 Å². The number of nitrogens with two attached hydrogens (primary N) is 1. The van der Waals surface area contributed by atoms with Crippen molar-refractivity contribution in [3.63, 3.8) is 0 Å². The van der Waals surface area contributed by atoms with Crippen LogP contribution in [0.1, 0.15) is 31.2 Å². The van der Waals surface area contributed by atoms with Gasteiger partial charge in [0, 0.05) is 35.9 Å². The van der Waals surface area contributed by atoms with Crippen LogP contribution in [-0.2, 0) is 10.0 Å². The fourth-order valence-electron chi connectivity index (χ4n) is 4.58. The lowest BCUT2D eigenvalue weighted by molar-refractivity contribution is 0.321. The molecule has 0 bridgehead atoms. The van der Waals surface area contributed by atoms with Crippen molar-refractivity contribution in [3.05, 3.63) is 65.3 Å². The van der Waals surface area contributed by atoms with E-state index in [4.69, 9.17) is 17.3 Å². The predicted molar refractivity (Wildman–Crippen MR) is 138 cm³/mol. The number of hydrogen-bond acceptors (Lipinski definition) is 7. The van der Waals surface area contributed by atoms with E-state index in [1.165, 1.54) is 12.4 Å². The van der Waals surface area contributed by atoms with Gasteiger partial charge in [-0.25, -0.2) is 31.7 Å². The average molecular weight is 529 g/mol. The third-order valence-corrected chi connectivity index (χ3v) is 8.51. The molecule has 1 unspecified atom stereocenters. The maximum atomic E-state index is 14.6. The largest absolute Gasteiger partial charge is 0.367 e. The molecule has 0 amide bonds. The van der Waals surface area contributed by atoms with Gasteiger partial charge in [-0.3, -0.25) is 0 Å². The first-order valence-corrected chi connectivity index (χ1v) is 13.6. The Bertz CT molecular complexity index is 1520. The summed E-state index contributed by atoms with van der Waals surface area (Å²) < 4.78 is 42.7. The van der Waals surface area contributed by atoms with Gasteiger partial charge in [-0.2, -0.15) is 0 Å². The van der Waals surface area contributed by atoms with Gasteiger partial charge in [-0.05, 0) is 43.9 Å². The molecular formula is C25H26ClFN6O2S. The fourth-order valence-corrected chi connectivity index (χ4v) is 6.06. The number of nitrogens with zero attached hydrogens (tertiary/aromatic N) is 4. The molecule has 5 rings (SSSR count). The Kier molecular flexibility index (Phi) is 6.67. The summed E-state index contributed by atoms with van der Waals surface area (Å²) >= 11 is 6.20. The molecule has 3 heterocycles. The molecule has 11 heteroatoms. The topological polar surface area (TPSA) is 116 Å². The maximum Gasteiger partial charge on any atom is 0.269 e. The highest BCUT2D eigenvalue weighted by molar-refractivity contribution is 7.90. The second-order valence-electron chi connectivity index (χ2n) is 9.16. The first kappa shape index (κ1) is 24.6. The van der Waals surface area contributed by atoms with Crippen molar-refractivity contribution < 1.29 is 12.8 Å². The lowest BCUT2D eigenvalue weighted by Crippen LogP contribution is -2.37. The van der Waals surface area contributed by atoms with Crippen LogP contribution in [0.4, 0.5) is 10.2 Å². The van der Waals surface area contributed by atoms with Crippen LogP contribution in [0, 0.1) is 18.7 Å². The van der Waals surface area contributed by atoms with E-state index >= 15 is 0 Å². The van der Waals surface area contributed by atoms with Crippen LogP contribution < -0.4 is 11.1 Å². The SMILES string of the molecule is Cc1ccc(S(=O)(=O)n2cc(-c3ncc(F)c(NCC4CCCC[C@H]4N)n3)c3cc(Cl)cnc32)cc1. The van der Waals surface area contributed by atoms with Crippen molar-refractivity contribution in [2.24, 2.45) is 11.7 Å². The van der Waals surface area contributed by atoms with Gasteiger partial charge in [0.1, 0.15) is 0 Å². The van der Waals surface area contributed by atoms with E-state index in [9.17, 15) is 12.8 Å². The van der Waals surface area contributed by atoms with Gasteiger partial charge in [-0.1, -0.05) is 42.1 Å². The second-order valence-corrected chi connectivity index (χ2v) is 11.4. The number of hydrogen-bond donors (Lipinski definition) is 2. The third-order valence-electron chi connectivity index (χ3n) is 6.64. The summed E-state index contributed by atoms with van der Waals surface area (Å²) in [5.74, 6) is -0.190. The van der Waals surface area contributed by atoms with Crippen molar-refractivity contribution >= 4 is 38.5 Å². The van der Waals surface area contributed by atoms with Crippen molar-refractivity contribution in [2.45, 2.75) is 43.5 Å². The number of aryl methyl sites for hydroxylation is 1. The molecule has 8 nitrogen and oxygen atoms in total. The van der Waals surface area contributed by atoms with Crippen LogP contribution >= 0.6 is 11.6 Å². The van der Waals surface area contributed by atoms with Gasteiger partial charge >= 0.3 is 0 Å². The van der Waals surface area contributed by atoms with Gasteiger partial charge in [0.05, 0.1) is 16.1 Å². The molecule has 3 aromatic heterocycles. The minimum atomic E-state index is -3.98. The number of benzene rings is 1. The molecule has 36 heavy (non-hydrogen) atoms. The summed E-state index contributed by atoms with van der Waals surface area (Å²) in [4.78, 5) is 12.9. The molecule has 1 fully saturated rings. The van der Waals surface area contributed by atoms with Crippen LogP contribution in [0.25, 0.3) is 22.4 Å². The monoisotopic (exact) mass is 528 g/mol. The summed E-state index contributed by atoms with van der Waals surface area (Å²) in [6, 6.07) is 8.19. The number of fused-ring (bicyclic) bond motifs is 1. The molecule has 0 aliphatic heterocycles. The van der Waals surface area contributed by atoms with Gasteiger partial charge in [-0.15, -0.1) is 0 Å². The molecule has 4 aromatic rings. The fraction of sp³-hybridized carbons (Fsp3) is 0.320. The molecule has 188 valence electrons. The minimum absolute atomic E-state index is 0.0371. The summed E-state index contributed by atoms with van der Waals surface area (Å²) in [5, 5.41) is 3.83. The number of halogens is 2. The van der Waals surface area contributed by atoms with Gasteiger partial charge in [0.2, 0.25) is 0 Å². The van der Waals surface area contributed by atoms with E-state index in [0.717, 1.165) is 41.4 Å². The van der Waals surface area contributed by atoms with E-state index in [1.807, 2.05) is 6.92 Å². The standard InChI is InChI=1S/C25H26ClFN6O2S/c1-15-6-8-18(9-7-15)36(34,35)33-14-20(19-10-17(26)12-31-25(19)33)23-30-13-21(27)24(32-23)29-11-16-4-2-3-5-22(16)28/h6-10,12-14,16,22H,2-5,11,28H2,1H3,(H,29,30,32)/t16?,22-/m1/s1. The molecule has 0 saturated heterocycles. The van der Waals surface area contributed by atoms with Gasteiger partial charge in [0.25, 0.3) is 10.0 Å². The molecule has 2 atom stereocenters. The Hall–Kier alpha value is -3.08. The first-order valence-electron chi connectivity index (χ1n) is 11.8. The Morgan fingerprint density at radius 1 is 1.17 bits per heavy atom. The predicted octanol–water partition coefficient (Wildman–Crippen LogP) is 4.76. The molecular weight excluding hydrogens is 503 g/mol. The Balaban J connectivity index is 1.56. The van der Waals surface area contributed by atoms with E-state index in [1.54, 1.807) is 30.3 Å². The number of aromatic nitrogens is 4. The quantitative estimate of drug-likeness (QED) is 0.370. The molecule has 1 aliphatic carbocycles. The Morgan fingerprint density at radius 2 is 1.92 bits per heavy atom. The second kappa shape index (κ2) is 9.76. The van der Waals surface area contributed by atoms with E-state index in [2.05, 4.69) is 20.3 Å².